The first kappa shape index (κ1) is 18.8. The van der Waals surface area contributed by atoms with Crippen molar-refractivity contribution in [3.63, 3.8) is 0 Å². The van der Waals surface area contributed by atoms with Crippen molar-refractivity contribution in [2.75, 3.05) is 25.6 Å². The van der Waals surface area contributed by atoms with Crippen LogP contribution in [0.15, 0.2) is 29.2 Å². The molecule has 0 aromatic heterocycles. The minimum atomic E-state index is -3.17. The number of carbonyl (C=O) groups is 1. The lowest BCUT2D eigenvalue weighted by Crippen LogP contribution is -2.38. The van der Waals surface area contributed by atoms with Gasteiger partial charge in [-0.15, -0.1) is 11.8 Å². The van der Waals surface area contributed by atoms with Gasteiger partial charge in [-0.05, 0) is 37.3 Å². The summed E-state index contributed by atoms with van der Waals surface area (Å²) in [6.07, 6.45) is 3.66. The van der Waals surface area contributed by atoms with Gasteiger partial charge < -0.3 is 10.6 Å². The molecule has 8 heteroatoms. The number of thioether (sulfide) groups is 1. The van der Waals surface area contributed by atoms with Crippen molar-refractivity contribution in [1.29, 1.82) is 0 Å². The van der Waals surface area contributed by atoms with Crippen molar-refractivity contribution >= 4 is 27.8 Å². The maximum Gasteiger partial charge on any atom is 0.315 e. The molecule has 1 atom stereocenters. The molecule has 22 heavy (non-hydrogen) atoms. The molecule has 0 radical (unpaired) electrons. The molecule has 1 aromatic carbocycles. The summed E-state index contributed by atoms with van der Waals surface area (Å²) in [5.41, 5.74) is 1.03. The zero-order chi connectivity index (χ0) is 16.6. The van der Waals surface area contributed by atoms with Crippen molar-refractivity contribution < 1.29 is 13.2 Å². The Hall–Kier alpha value is -1.25. The molecule has 2 amide bonds. The van der Waals surface area contributed by atoms with Gasteiger partial charge in [0.25, 0.3) is 0 Å². The standard InChI is InChI=1S/C14H23N3O3S2/c1-11(12-5-7-13(21-2)8-6-12)17-14(18)15-9-4-10-16-22(3,19)20/h5-8,11,16H,4,9-10H2,1-3H3,(H2,15,17,18)/t11-/m1/s1. The molecule has 0 bridgehead atoms. The first-order valence-electron chi connectivity index (χ1n) is 6.95. The third-order valence-electron chi connectivity index (χ3n) is 2.97. The third kappa shape index (κ3) is 7.67. The second-order valence-electron chi connectivity index (χ2n) is 4.92. The quantitative estimate of drug-likeness (QED) is 0.494. The molecule has 0 aliphatic rings. The summed E-state index contributed by atoms with van der Waals surface area (Å²) in [6.45, 7) is 2.64. The molecule has 0 aliphatic carbocycles. The summed E-state index contributed by atoms with van der Waals surface area (Å²) in [5, 5.41) is 5.55. The van der Waals surface area contributed by atoms with Crippen LogP contribution in [-0.2, 0) is 10.0 Å². The van der Waals surface area contributed by atoms with Crippen molar-refractivity contribution in [2.45, 2.75) is 24.3 Å². The normalized spacial score (nSPS) is 12.7. The molecule has 1 aromatic rings. The molecule has 124 valence electrons. The molecule has 0 fully saturated rings. The number of amides is 2. The smallest absolute Gasteiger partial charge is 0.315 e. The fourth-order valence-electron chi connectivity index (χ4n) is 1.77. The van der Waals surface area contributed by atoms with Crippen molar-refractivity contribution in [3.05, 3.63) is 29.8 Å². The fourth-order valence-corrected chi connectivity index (χ4v) is 2.69. The van der Waals surface area contributed by atoms with Crippen LogP contribution in [0, 0.1) is 0 Å². The summed E-state index contributed by atoms with van der Waals surface area (Å²) in [4.78, 5) is 12.9. The number of benzene rings is 1. The number of carbonyl (C=O) groups excluding carboxylic acids is 1. The van der Waals surface area contributed by atoms with Gasteiger partial charge in [-0.1, -0.05) is 12.1 Å². The Morgan fingerprint density at radius 3 is 2.41 bits per heavy atom. The maximum atomic E-state index is 11.7. The Morgan fingerprint density at radius 2 is 1.86 bits per heavy atom. The van der Waals surface area contributed by atoms with Crippen LogP contribution in [0.2, 0.25) is 0 Å². The predicted octanol–water partition coefficient (Wildman–Crippen LogP) is 1.71. The first-order chi connectivity index (χ1) is 10.3. The number of sulfonamides is 1. The second kappa shape index (κ2) is 9.02. The number of nitrogens with one attached hydrogen (secondary N) is 3. The largest absolute Gasteiger partial charge is 0.338 e. The number of rotatable bonds is 8. The van der Waals surface area contributed by atoms with Crippen LogP contribution >= 0.6 is 11.8 Å². The van der Waals surface area contributed by atoms with Crippen LogP contribution in [0.5, 0.6) is 0 Å². The highest BCUT2D eigenvalue weighted by atomic mass is 32.2. The Morgan fingerprint density at radius 1 is 1.23 bits per heavy atom. The highest BCUT2D eigenvalue weighted by Gasteiger charge is 2.09. The highest BCUT2D eigenvalue weighted by molar-refractivity contribution is 7.98. The van der Waals surface area contributed by atoms with Crippen LogP contribution in [0.1, 0.15) is 24.9 Å². The molecule has 1 rings (SSSR count). The van der Waals surface area contributed by atoms with Gasteiger partial charge in [-0.3, -0.25) is 0 Å². The molecule has 3 N–H and O–H groups in total. The lowest BCUT2D eigenvalue weighted by molar-refractivity contribution is 0.238. The second-order valence-corrected chi connectivity index (χ2v) is 7.63. The molecular formula is C14H23N3O3S2. The van der Waals surface area contributed by atoms with Crippen molar-refractivity contribution in [1.82, 2.24) is 15.4 Å². The van der Waals surface area contributed by atoms with E-state index in [1.807, 2.05) is 37.4 Å². The van der Waals surface area contributed by atoms with E-state index in [1.165, 1.54) is 4.90 Å². The number of hydrogen-bond donors (Lipinski definition) is 3. The Bertz CT molecular complexity index is 574. The highest BCUT2D eigenvalue weighted by Crippen LogP contribution is 2.18. The van der Waals surface area contributed by atoms with Gasteiger partial charge >= 0.3 is 6.03 Å². The van der Waals surface area contributed by atoms with Crippen LogP contribution in [0.25, 0.3) is 0 Å². The first-order valence-corrected chi connectivity index (χ1v) is 10.1. The van der Waals surface area contributed by atoms with E-state index >= 15 is 0 Å². The van der Waals surface area contributed by atoms with Crippen LogP contribution in [0.3, 0.4) is 0 Å². The number of hydrogen-bond acceptors (Lipinski definition) is 4. The lowest BCUT2D eigenvalue weighted by Gasteiger charge is -2.15. The Labute approximate surface area is 136 Å². The van der Waals surface area contributed by atoms with Crippen molar-refractivity contribution in [2.24, 2.45) is 0 Å². The average Bonchev–Trinajstić information content (AvgIpc) is 2.45. The molecule has 0 unspecified atom stereocenters. The van der Waals surface area contributed by atoms with E-state index in [9.17, 15) is 13.2 Å². The van der Waals surface area contributed by atoms with Gasteiger partial charge in [0.05, 0.1) is 12.3 Å². The minimum absolute atomic E-state index is 0.0925. The summed E-state index contributed by atoms with van der Waals surface area (Å²) in [6, 6.07) is 7.67. The molecular weight excluding hydrogens is 322 g/mol. The Kier molecular flexibility index (Phi) is 7.70. The van der Waals surface area contributed by atoms with Crippen molar-refractivity contribution in [3.8, 4) is 0 Å². The zero-order valence-corrected chi connectivity index (χ0v) is 14.7. The summed E-state index contributed by atoms with van der Waals surface area (Å²) < 4.78 is 24.1. The van der Waals surface area contributed by atoms with E-state index in [0.29, 0.717) is 19.5 Å². The van der Waals surface area contributed by atoms with Gasteiger partial charge in [-0.25, -0.2) is 17.9 Å². The molecule has 6 nitrogen and oxygen atoms in total. The van der Waals surface area contributed by atoms with E-state index in [0.717, 1.165) is 11.8 Å². The zero-order valence-electron chi connectivity index (χ0n) is 13.0. The summed E-state index contributed by atoms with van der Waals surface area (Å²) >= 11 is 1.67. The van der Waals surface area contributed by atoms with Gasteiger partial charge in [0.1, 0.15) is 0 Å². The monoisotopic (exact) mass is 345 g/mol. The van der Waals surface area contributed by atoms with E-state index in [2.05, 4.69) is 15.4 Å². The third-order valence-corrected chi connectivity index (χ3v) is 4.44. The van der Waals surface area contributed by atoms with Crippen LogP contribution in [-0.4, -0.2) is 40.0 Å². The molecule has 0 saturated carbocycles. The van der Waals surface area contributed by atoms with E-state index in [1.54, 1.807) is 11.8 Å². The van der Waals surface area contributed by atoms with Gasteiger partial charge in [0, 0.05) is 18.0 Å². The van der Waals surface area contributed by atoms with E-state index < -0.39 is 10.0 Å². The van der Waals surface area contributed by atoms with Crippen LogP contribution in [0.4, 0.5) is 4.79 Å². The molecule has 0 heterocycles. The SMILES string of the molecule is CSc1ccc([C@@H](C)NC(=O)NCCCNS(C)(=O)=O)cc1. The van der Waals surface area contributed by atoms with E-state index in [-0.39, 0.29) is 12.1 Å². The molecule has 0 saturated heterocycles. The average molecular weight is 345 g/mol. The maximum absolute atomic E-state index is 11.7. The number of urea groups is 1. The molecule has 0 aliphatic heterocycles. The lowest BCUT2D eigenvalue weighted by atomic mass is 10.1. The minimum Gasteiger partial charge on any atom is -0.338 e. The molecule has 0 spiro atoms. The van der Waals surface area contributed by atoms with Crippen LogP contribution < -0.4 is 15.4 Å². The van der Waals surface area contributed by atoms with E-state index in [4.69, 9.17) is 0 Å². The van der Waals surface area contributed by atoms with Gasteiger partial charge in [0.15, 0.2) is 0 Å². The summed E-state index contributed by atoms with van der Waals surface area (Å²) in [5.74, 6) is 0. The van der Waals surface area contributed by atoms with Gasteiger partial charge in [-0.2, -0.15) is 0 Å². The Balaban J connectivity index is 2.28. The van der Waals surface area contributed by atoms with Gasteiger partial charge in [0.2, 0.25) is 10.0 Å². The predicted molar refractivity (Wildman–Crippen MR) is 90.6 cm³/mol. The summed E-state index contributed by atoms with van der Waals surface area (Å²) in [7, 11) is -3.17. The topological polar surface area (TPSA) is 87.3 Å². The fraction of sp³-hybridized carbons (Fsp3) is 0.500.